The molecule has 136 valence electrons. The molecule has 0 bridgehead atoms. The van der Waals surface area contributed by atoms with Crippen LogP contribution in [0.4, 0.5) is 13.2 Å². The maximum atomic E-state index is 12.7. The van der Waals surface area contributed by atoms with Crippen molar-refractivity contribution in [3.8, 4) is 0 Å². The van der Waals surface area contributed by atoms with Crippen LogP contribution < -0.4 is 5.32 Å². The fourth-order valence-electron chi connectivity index (χ4n) is 2.30. The Morgan fingerprint density at radius 2 is 2.08 bits per heavy atom. The summed E-state index contributed by atoms with van der Waals surface area (Å²) in [5.74, 6) is -0.162. The zero-order valence-corrected chi connectivity index (χ0v) is 13.8. The number of carbonyl (C=O) groups is 1. The number of aliphatic hydroxyl groups is 1. The van der Waals surface area contributed by atoms with E-state index in [1.807, 2.05) is 13.8 Å². The minimum atomic E-state index is -4.47. The molecule has 1 heterocycles. The molecule has 0 saturated heterocycles. The molecule has 1 amide bonds. The predicted octanol–water partition coefficient (Wildman–Crippen LogP) is 2.10. The van der Waals surface area contributed by atoms with Gasteiger partial charge in [-0.2, -0.15) is 13.2 Å². The summed E-state index contributed by atoms with van der Waals surface area (Å²) in [4.78, 5) is 12.0. The number of nitrogens with one attached hydrogen (secondary N) is 1. The van der Waals surface area contributed by atoms with Gasteiger partial charge in [0, 0.05) is 12.5 Å². The number of nitrogens with zero attached hydrogens (tertiary/aromatic N) is 3. The Hall–Kier alpha value is -2.42. The number of aromatic nitrogens is 3. The molecule has 0 fully saturated rings. The molecule has 9 heteroatoms. The monoisotopic (exact) mass is 356 g/mol. The van der Waals surface area contributed by atoms with Crippen LogP contribution in [-0.4, -0.2) is 31.9 Å². The average Bonchev–Trinajstić information content (AvgIpc) is 3.00. The predicted molar refractivity (Wildman–Crippen MR) is 83.4 cm³/mol. The van der Waals surface area contributed by atoms with Gasteiger partial charge in [0.25, 0.3) is 0 Å². The van der Waals surface area contributed by atoms with E-state index in [0.29, 0.717) is 5.82 Å². The summed E-state index contributed by atoms with van der Waals surface area (Å²) in [6.45, 7) is 3.92. The van der Waals surface area contributed by atoms with Gasteiger partial charge >= 0.3 is 6.18 Å². The molecule has 0 spiro atoms. The van der Waals surface area contributed by atoms with Gasteiger partial charge < -0.3 is 15.0 Å². The highest BCUT2D eigenvalue weighted by molar-refractivity contribution is 5.80. The molecule has 6 nitrogen and oxygen atoms in total. The molecular weight excluding hydrogens is 337 g/mol. The lowest BCUT2D eigenvalue weighted by atomic mass is 10.0. The van der Waals surface area contributed by atoms with Gasteiger partial charge in [-0.05, 0) is 25.5 Å². The van der Waals surface area contributed by atoms with Crippen molar-refractivity contribution >= 4 is 5.91 Å². The first-order valence-corrected chi connectivity index (χ1v) is 7.68. The number of aliphatic hydroxyl groups excluding tert-OH is 1. The summed E-state index contributed by atoms with van der Waals surface area (Å²) < 4.78 is 39.8. The van der Waals surface area contributed by atoms with E-state index < -0.39 is 23.8 Å². The number of alkyl halides is 3. The number of halogens is 3. The third kappa shape index (κ3) is 5.02. The van der Waals surface area contributed by atoms with Crippen LogP contribution in [0.3, 0.4) is 0 Å². The normalized spacial score (nSPS) is 13.1. The average molecular weight is 356 g/mol. The van der Waals surface area contributed by atoms with Gasteiger partial charge in [0.1, 0.15) is 12.4 Å². The Kier molecular flexibility index (Phi) is 5.78. The highest BCUT2D eigenvalue weighted by Gasteiger charge is 2.30. The van der Waals surface area contributed by atoms with Gasteiger partial charge in [-0.3, -0.25) is 4.79 Å². The number of hydrogen-bond donors (Lipinski definition) is 2. The third-order valence-corrected chi connectivity index (χ3v) is 3.61. The zero-order chi connectivity index (χ0) is 18.6. The quantitative estimate of drug-likeness (QED) is 0.831. The van der Waals surface area contributed by atoms with E-state index in [1.54, 1.807) is 4.57 Å². The van der Waals surface area contributed by atoms with E-state index >= 15 is 0 Å². The van der Waals surface area contributed by atoms with Crippen LogP contribution in [-0.2, 0) is 23.9 Å². The van der Waals surface area contributed by atoms with Crippen molar-refractivity contribution in [2.45, 2.75) is 45.1 Å². The Bertz CT molecular complexity index is 728. The smallest absolute Gasteiger partial charge is 0.383 e. The number of carbonyl (C=O) groups excluding carboxylic acids is 1. The highest BCUT2D eigenvalue weighted by Crippen LogP contribution is 2.29. The van der Waals surface area contributed by atoms with Crippen LogP contribution in [0.5, 0.6) is 0 Å². The van der Waals surface area contributed by atoms with Crippen molar-refractivity contribution < 1.29 is 23.1 Å². The minimum Gasteiger partial charge on any atom is -0.383 e. The largest absolute Gasteiger partial charge is 0.416 e. The van der Waals surface area contributed by atoms with Crippen molar-refractivity contribution in [3.63, 3.8) is 0 Å². The van der Waals surface area contributed by atoms with Crippen molar-refractivity contribution in [3.05, 3.63) is 47.5 Å². The van der Waals surface area contributed by atoms with E-state index in [1.165, 1.54) is 18.5 Å². The molecule has 0 radical (unpaired) electrons. The third-order valence-electron chi connectivity index (χ3n) is 3.61. The van der Waals surface area contributed by atoms with Crippen molar-refractivity contribution in [1.82, 2.24) is 20.1 Å². The van der Waals surface area contributed by atoms with Crippen LogP contribution in [0.25, 0.3) is 0 Å². The van der Waals surface area contributed by atoms with Crippen molar-refractivity contribution in [2.24, 2.45) is 0 Å². The van der Waals surface area contributed by atoms with E-state index in [2.05, 4.69) is 15.5 Å². The van der Waals surface area contributed by atoms with Gasteiger partial charge in [0.2, 0.25) is 5.91 Å². The molecular formula is C16H19F3N4O2. The minimum absolute atomic E-state index is 0.0661. The summed E-state index contributed by atoms with van der Waals surface area (Å²) in [5.41, 5.74) is -0.592. The summed E-state index contributed by atoms with van der Waals surface area (Å²) >= 11 is 0. The summed E-state index contributed by atoms with van der Waals surface area (Å²) in [5, 5.41) is 20.1. The van der Waals surface area contributed by atoms with Gasteiger partial charge in [-0.25, -0.2) is 0 Å². The Labute approximate surface area is 142 Å². The highest BCUT2D eigenvalue weighted by atomic mass is 19.4. The molecule has 1 aromatic carbocycles. The fourth-order valence-corrected chi connectivity index (χ4v) is 2.30. The van der Waals surface area contributed by atoms with E-state index in [9.17, 15) is 23.1 Å². The number of rotatable bonds is 6. The number of amides is 1. The van der Waals surface area contributed by atoms with Crippen molar-refractivity contribution in [1.29, 1.82) is 0 Å². The Morgan fingerprint density at radius 1 is 1.36 bits per heavy atom. The lowest BCUT2D eigenvalue weighted by molar-refractivity contribution is -0.137. The molecule has 2 rings (SSSR count). The second-order valence-electron chi connectivity index (χ2n) is 5.88. The SMILES string of the molecule is CC(C)n1cnnc1CNC(=O)C(O)Cc1cccc(C(F)(F)F)c1. The first kappa shape index (κ1) is 18.9. The Balaban J connectivity index is 1.95. The zero-order valence-electron chi connectivity index (χ0n) is 13.8. The molecule has 1 unspecified atom stereocenters. The van der Waals surface area contributed by atoms with Gasteiger partial charge in [0.05, 0.1) is 12.1 Å². The standard InChI is InChI=1S/C16H19F3N4O2/c1-10(2)23-9-21-22-14(23)8-20-15(25)13(24)7-11-4-3-5-12(6-11)16(17,18)19/h3-6,9-10,13,24H,7-8H2,1-2H3,(H,20,25). The molecule has 0 aliphatic rings. The van der Waals surface area contributed by atoms with Crippen LogP contribution >= 0.6 is 0 Å². The maximum Gasteiger partial charge on any atom is 0.416 e. The van der Waals surface area contributed by atoms with Crippen LogP contribution in [0.15, 0.2) is 30.6 Å². The lowest BCUT2D eigenvalue weighted by Crippen LogP contribution is -2.36. The molecule has 1 aromatic heterocycles. The topological polar surface area (TPSA) is 80.0 Å². The van der Waals surface area contributed by atoms with Crippen LogP contribution in [0.1, 0.15) is 36.8 Å². The second-order valence-corrected chi connectivity index (χ2v) is 5.88. The number of hydrogen-bond acceptors (Lipinski definition) is 4. The van der Waals surface area contributed by atoms with Crippen LogP contribution in [0, 0.1) is 0 Å². The molecule has 0 saturated carbocycles. The molecule has 0 aliphatic heterocycles. The van der Waals surface area contributed by atoms with Gasteiger partial charge in [0.15, 0.2) is 5.82 Å². The lowest BCUT2D eigenvalue weighted by Gasteiger charge is -2.14. The number of benzene rings is 1. The molecule has 0 aliphatic carbocycles. The van der Waals surface area contributed by atoms with Gasteiger partial charge in [-0.15, -0.1) is 10.2 Å². The summed E-state index contributed by atoms with van der Waals surface area (Å²) in [6, 6.07) is 4.65. The van der Waals surface area contributed by atoms with E-state index in [4.69, 9.17) is 0 Å². The molecule has 2 aromatic rings. The van der Waals surface area contributed by atoms with Crippen molar-refractivity contribution in [2.75, 3.05) is 0 Å². The van der Waals surface area contributed by atoms with E-state index in [-0.39, 0.29) is 24.6 Å². The van der Waals surface area contributed by atoms with E-state index in [0.717, 1.165) is 12.1 Å². The summed E-state index contributed by atoms with van der Waals surface area (Å²) in [6.07, 6.45) is -4.61. The molecule has 1 atom stereocenters. The fraction of sp³-hybridized carbons (Fsp3) is 0.438. The Morgan fingerprint density at radius 3 is 2.72 bits per heavy atom. The second kappa shape index (κ2) is 7.64. The first-order chi connectivity index (χ1) is 11.7. The maximum absolute atomic E-state index is 12.7. The summed E-state index contributed by atoms with van der Waals surface area (Å²) in [7, 11) is 0. The van der Waals surface area contributed by atoms with Gasteiger partial charge in [-0.1, -0.05) is 18.2 Å². The molecule has 2 N–H and O–H groups in total. The van der Waals surface area contributed by atoms with Crippen LogP contribution in [0.2, 0.25) is 0 Å². The first-order valence-electron chi connectivity index (χ1n) is 7.68. The molecule has 25 heavy (non-hydrogen) atoms.